The monoisotopic (exact) mass is 406 g/mol. The molecular formula is C19H22N2O6S. The van der Waals surface area contributed by atoms with E-state index < -0.39 is 22.6 Å². The lowest BCUT2D eigenvalue weighted by Crippen LogP contribution is -2.26. The average Bonchev–Trinajstić information content (AvgIpc) is 2.68. The van der Waals surface area contributed by atoms with Crippen LogP contribution in [0, 0.1) is 0 Å². The Morgan fingerprint density at radius 3 is 1.96 bits per heavy atom. The summed E-state index contributed by atoms with van der Waals surface area (Å²) in [5, 5.41) is 5.24. The van der Waals surface area contributed by atoms with Gasteiger partial charge in [0, 0.05) is 22.6 Å². The van der Waals surface area contributed by atoms with Crippen molar-refractivity contribution in [1.29, 1.82) is 0 Å². The molecule has 0 aliphatic rings. The number of ether oxygens (including phenoxy) is 3. The van der Waals surface area contributed by atoms with Crippen molar-refractivity contribution in [3.8, 4) is 17.2 Å². The van der Waals surface area contributed by atoms with Crippen LogP contribution in [0.3, 0.4) is 0 Å². The molecule has 8 nitrogen and oxygen atoms in total. The topological polar surface area (TPSA) is 103 Å². The van der Waals surface area contributed by atoms with Gasteiger partial charge in [0.15, 0.2) is 0 Å². The van der Waals surface area contributed by atoms with Crippen molar-refractivity contribution in [2.24, 2.45) is 0 Å². The molecule has 9 heteroatoms. The number of nitrogens with one attached hydrogen (secondary N) is 2. The van der Waals surface area contributed by atoms with Gasteiger partial charge in [0.05, 0.1) is 27.0 Å². The summed E-state index contributed by atoms with van der Waals surface area (Å²) in [5.41, 5.74) is 0.944. The van der Waals surface area contributed by atoms with Crippen LogP contribution in [0.2, 0.25) is 0 Å². The first kappa shape index (κ1) is 21.2. The number of anilines is 2. The highest BCUT2D eigenvalue weighted by Crippen LogP contribution is 2.28. The van der Waals surface area contributed by atoms with E-state index in [-0.39, 0.29) is 11.5 Å². The molecule has 0 fully saturated rings. The number of rotatable bonds is 9. The summed E-state index contributed by atoms with van der Waals surface area (Å²) in [6.07, 6.45) is 0. The smallest absolute Gasteiger partial charge is 0.237 e. The zero-order valence-corrected chi connectivity index (χ0v) is 16.6. The lowest BCUT2D eigenvalue weighted by Gasteiger charge is -2.11. The summed E-state index contributed by atoms with van der Waals surface area (Å²) in [6, 6.07) is 11.7. The van der Waals surface area contributed by atoms with Gasteiger partial charge in [-0.2, -0.15) is 0 Å². The second-order valence-electron chi connectivity index (χ2n) is 5.62. The van der Waals surface area contributed by atoms with E-state index in [0.29, 0.717) is 28.6 Å². The van der Waals surface area contributed by atoms with Gasteiger partial charge in [0.25, 0.3) is 0 Å². The second kappa shape index (κ2) is 10.3. The summed E-state index contributed by atoms with van der Waals surface area (Å²) in [6.45, 7) is 0. The van der Waals surface area contributed by atoms with Crippen LogP contribution in [-0.4, -0.2) is 48.9 Å². The van der Waals surface area contributed by atoms with E-state index in [4.69, 9.17) is 14.2 Å². The van der Waals surface area contributed by atoms with Gasteiger partial charge in [-0.25, -0.2) is 0 Å². The average molecular weight is 406 g/mol. The highest BCUT2D eigenvalue weighted by Gasteiger charge is 2.15. The van der Waals surface area contributed by atoms with Crippen molar-refractivity contribution in [3.63, 3.8) is 0 Å². The fourth-order valence-corrected chi connectivity index (χ4v) is 3.14. The lowest BCUT2D eigenvalue weighted by molar-refractivity contribution is -0.114. The van der Waals surface area contributed by atoms with Crippen LogP contribution in [0.5, 0.6) is 17.2 Å². The molecule has 150 valence electrons. The number of carbonyl (C=O) groups excluding carboxylic acids is 2. The van der Waals surface area contributed by atoms with Crippen LogP contribution in [0.15, 0.2) is 42.5 Å². The summed E-state index contributed by atoms with van der Waals surface area (Å²) in [5.74, 6) is 0.0716. The predicted octanol–water partition coefficient (Wildman–Crippen LogP) is 2.04. The minimum Gasteiger partial charge on any atom is -0.497 e. The minimum absolute atomic E-state index is 0.297. The Hall–Kier alpha value is -3.07. The highest BCUT2D eigenvalue weighted by atomic mass is 32.2. The van der Waals surface area contributed by atoms with Crippen LogP contribution in [0.1, 0.15) is 0 Å². The number of benzene rings is 2. The van der Waals surface area contributed by atoms with Crippen LogP contribution >= 0.6 is 0 Å². The normalized spacial score (nSPS) is 11.2. The molecule has 0 aromatic heterocycles. The van der Waals surface area contributed by atoms with Crippen molar-refractivity contribution in [1.82, 2.24) is 0 Å². The van der Waals surface area contributed by atoms with Gasteiger partial charge in [-0.3, -0.25) is 13.8 Å². The summed E-state index contributed by atoms with van der Waals surface area (Å²) >= 11 is 0. The van der Waals surface area contributed by atoms with Crippen molar-refractivity contribution >= 4 is 34.0 Å². The molecule has 28 heavy (non-hydrogen) atoms. The van der Waals surface area contributed by atoms with Crippen LogP contribution < -0.4 is 24.8 Å². The van der Waals surface area contributed by atoms with E-state index in [0.717, 1.165) is 0 Å². The molecule has 1 atom stereocenters. The Morgan fingerprint density at radius 1 is 0.821 bits per heavy atom. The molecule has 0 unspecified atom stereocenters. The molecular weight excluding hydrogens is 384 g/mol. The van der Waals surface area contributed by atoms with Crippen molar-refractivity contribution in [3.05, 3.63) is 42.5 Å². The Kier molecular flexibility index (Phi) is 7.82. The van der Waals surface area contributed by atoms with Crippen molar-refractivity contribution in [2.75, 3.05) is 43.5 Å². The van der Waals surface area contributed by atoms with E-state index in [9.17, 15) is 13.8 Å². The lowest BCUT2D eigenvalue weighted by atomic mass is 10.2. The summed E-state index contributed by atoms with van der Waals surface area (Å²) in [7, 11) is 2.85. The Bertz CT molecular complexity index is 854. The van der Waals surface area contributed by atoms with E-state index >= 15 is 0 Å². The second-order valence-corrected chi connectivity index (χ2v) is 7.08. The highest BCUT2D eigenvalue weighted by molar-refractivity contribution is 7.86. The van der Waals surface area contributed by atoms with Gasteiger partial charge in [-0.05, 0) is 36.4 Å². The molecule has 0 radical (unpaired) electrons. The Balaban J connectivity index is 1.88. The summed E-state index contributed by atoms with van der Waals surface area (Å²) < 4.78 is 27.5. The van der Waals surface area contributed by atoms with Gasteiger partial charge in [-0.15, -0.1) is 0 Å². The third-order valence-electron chi connectivity index (χ3n) is 3.64. The maximum atomic E-state index is 12.2. The number of amides is 2. The first-order chi connectivity index (χ1) is 13.4. The van der Waals surface area contributed by atoms with Gasteiger partial charge in [0.1, 0.15) is 28.8 Å². The van der Waals surface area contributed by atoms with E-state index in [1.165, 1.54) is 14.2 Å². The standard InChI is InChI=1S/C19H22N2O6S/c1-25-14-6-4-13(5-7-14)20-18(22)11-28(24)12-19(23)21-16-10-15(26-2)8-9-17(16)27-3/h4-10H,11-12H2,1-3H3,(H,20,22)(H,21,23)/t28-/m1/s1. The molecule has 2 N–H and O–H groups in total. The van der Waals surface area contributed by atoms with E-state index in [2.05, 4.69) is 10.6 Å². The SMILES string of the molecule is COc1ccc(NC(=O)C[S@@](=O)CC(=O)Nc2cc(OC)ccc2OC)cc1. The van der Waals surface area contributed by atoms with Crippen LogP contribution in [-0.2, 0) is 20.4 Å². The van der Waals surface area contributed by atoms with E-state index in [1.807, 2.05) is 0 Å². The first-order valence-electron chi connectivity index (χ1n) is 8.26. The minimum atomic E-state index is -1.67. The van der Waals surface area contributed by atoms with Crippen LogP contribution in [0.4, 0.5) is 11.4 Å². The quantitative estimate of drug-likeness (QED) is 0.661. The Labute approximate surface area is 165 Å². The van der Waals surface area contributed by atoms with Gasteiger partial charge < -0.3 is 24.8 Å². The van der Waals surface area contributed by atoms with Gasteiger partial charge >= 0.3 is 0 Å². The first-order valence-corrected chi connectivity index (χ1v) is 9.74. The maximum absolute atomic E-state index is 12.2. The molecule has 0 heterocycles. The molecule has 0 saturated carbocycles. The van der Waals surface area contributed by atoms with Crippen molar-refractivity contribution < 1.29 is 28.0 Å². The number of methoxy groups -OCH3 is 3. The predicted molar refractivity (Wildman–Crippen MR) is 108 cm³/mol. The molecule has 2 aromatic rings. The number of hydrogen-bond acceptors (Lipinski definition) is 6. The molecule has 0 bridgehead atoms. The van der Waals surface area contributed by atoms with Gasteiger partial charge in [0.2, 0.25) is 11.8 Å². The fraction of sp³-hybridized carbons (Fsp3) is 0.263. The van der Waals surface area contributed by atoms with Crippen LogP contribution in [0.25, 0.3) is 0 Å². The number of carbonyl (C=O) groups is 2. The van der Waals surface area contributed by atoms with E-state index in [1.54, 1.807) is 49.6 Å². The molecule has 2 amide bonds. The zero-order chi connectivity index (χ0) is 20.5. The summed E-state index contributed by atoms with van der Waals surface area (Å²) in [4.78, 5) is 24.2. The molecule has 2 aromatic carbocycles. The third kappa shape index (κ3) is 6.27. The molecule has 0 aliphatic heterocycles. The molecule has 0 aliphatic carbocycles. The fourth-order valence-electron chi connectivity index (χ4n) is 2.31. The molecule has 2 rings (SSSR count). The maximum Gasteiger partial charge on any atom is 0.237 e. The molecule has 0 spiro atoms. The zero-order valence-electron chi connectivity index (χ0n) is 15.8. The van der Waals surface area contributed by atoms with Crippen molar-refractivity contribution in [2.45, 2.75) is 0 Å². The largest absolute Gasteiger partial charge is 0.497 e. The number of hydrogen-bond donors (Lipinski definition) is 2. The van der Waals surface area contributed by atoms with Gasteiger partial charge in [-0.1, -0.05) is 0 Å². The Morgan fingerprint density at radius 2 is 1.39 bits per heavy atom. The third-order valence-corrected chi connectivity index (χ3v) is 4.81. The molecule has 0 saturated heterocycles.